The fourth-order valence-electron chi connectivity index (χ4n) is 2.87. The van der Waals surface area contributed by atoms with Crippen LogP contribution in [0.1, 0.15) is 43.9 Å². The normalized spacial score (nSPS) is 25.8. The zero-order valence-electron chi connectivity index (χ0n) is 10.5. The van der Waals surface area contributed by atoms with Gasteiger partial charge in [-0.15, -0.1) is 11.3 Å². The van der Waals surface area contributed by atoms with Crippen LogP contribution in [0.15, 0.2) is 15.9 Å². The third kappa shape index (κ3) is 4.38. The Kier molecular flexibility index (Phi) is 5.51. The second-order valence-corrected chi connectivity index (χ2v) is 7.60. The molecular formula is C14H22BrNS. The van der Waals surface area contributed by atoms with Gasteiger partial charge < -0.3 is 5.32 Å². The number of halogens is 1. The Balaban J connectivity index is 1.90. The second-order valence-electron chi connectivity index (χ2n) is 5.05. The van der Waals surface area contributed by atoms with E-state index in [9.17, 15) is 0 Å². The van der Waals surface area contributed by atoms with E-state index in [1.807, 2.05) is 11.3 Å². The molecule has 0 bridgehead atoms. The van der Waals surface area contributed by atoms with Crippen LogP contribution in [0, 0.1) is 5.92 Å². The van der Waals surface area contributed by atoms with Crippen molar-refractivity contribution >= 4 is 27.3 Å². The first kappa shape index (κ1) is 13.6. The SMILES string of the molecule is CCNC1CCCCC(Cc2ccc(Br)s2)C1. The summed E-state index contributed by atoms with van der Waals surface area (Å²) < 4.78 is 1.27. The number of nitrogens with one attached hydrogen (secondary N) is 1. The predicted molar refractivity (Wildman–Crippen MR) is 79.8 cm³/mol. The largest absolute Gasteiger partial charge is 0.314 e. The van der Waals surface area contributed by atoms with Gasteiger partial charge >= 0.3 is 0 Å². The molecule has 1 N–H and O–H groups in total. The summed E-state index contributed by atoms with van der Waals surface area (Å²) in [5.74, 6) is 0.882. The highest BCUT2D eigenvalue weighted by molar-refractivity contribution is 9.11. The van der Waals surface area contributed by atoms with Crippen LogP contribution in [0.2, 0.25) is 0 Å². The molecule has 1 fully saturated rings. The first-order valence-electron chi connectivity index (χ1n) is 6.75. The first-order valence-corrected chi connectivity index (χ1v) is 8.36. The summed E-state index contributed by atoms with van der Waals surface area (Å²) in [4.78, 5) is 1.54. The summed E-state index contributed by atoms with van der Waals surface area (Å²) in [6.45, 7) is 3.33. The number of hydrogen-bond donors (Lipinski definition) is 1. The highest BCUT2D eigenvalue weighted by Crippen LogP contribution is 2.30. The summed E-state index contributed by atoms with van der Waals surface area (Å²) in [6.07, 6.45) is 8.25. The molecule has 0 aromatic carbocycles. The Morgan fingerprint density at radius 3 is 2.88 bits per heavy atom. The van der Waals surface area contributed by atoms with Crippen molar-refractivity contribution in [2.45, 2.75) is 51.5 Å². The van der Waals surface area contributed by atoms with Crippen LogP contribution in [0.25, 0.3) is 0 Å². The van der Waals surface area contributed by atoms with Crippen LogP contribution in [0.4, 0.5) is 0 Å². The first-order chi connectivity index (χ1) is 8.28. The molecule has 0 amide bonds. The van der Waals surface area contributed by atoms with E-state index in [2.05, 4.69) is 40.3 Å². The maximum atomic E-state index is 3.64. The van der Waals surface area contributed by atoms with Crippen molar-refractivity contribution in [1.29, 1.82) is 0 Å². The topological polar surface area (TPSA) is 12.0 Å². The summed E-state index contributed by atoms with van der Waals surface area (Å²) in [5, 5.41) is 3.64. The molecule has 96 valence electrons. The van der Waals surface area contributed by atoms with Gasteiger partial charge in [0, 0.05) is 10.9 Å². The average Bonchev–Trinajstić information content (AvgIpc) is 2.58. The average molecular weight is 316 g/mol. The molecule has 2 atom stereocenters. The van der Waals surface area contributed by atoms with Crippen LogP contribution < -0.4 is 5.32 Å². The molecule has 2 unspecified atom stereocenters. The summed E-state index contributed by atoms with van der Waals surface area (Å²) in [6, 6.07) is 5.22. The van der Waals surface area contributed by atoms with Crippen molar-refractivity contribution in [3.05, 3.63) is 20.8 Å². The molecule has 17 heavy (non-hydrogen) atoms. The molecule has 0 saturated heterocycles. The molecule has 1 heterocycles. The maximum absolute atomic E-state index is 3.64. The fourth-order valence-corrected chi connectivity index (χ4v) is 4.46. The van der Waals surface area contributed by atoms with Crippen molar-refractivity contribution in [2.24, 2.45) is 5.92 Å². The van der Waals surface area contributed by atoms with Crippen LogP contribution in [0.3, 0.4) is 0 Å². The highest BCUT2D eigenvalue weighted by atomic mass is 79.9. The second kappa shape index (κ2) is 6.91. The van der Waals surface area contributed by atoms with Gasteiger partial charge in [-0.2, -0.15) is 0 Å². The lowest BCUT2D eigenvalue weighted by Crippen LogP contribution is -2.30. The number of hydrogen-bond acceptors (Lipinski definition) is 2. The van der Waals surface area contributed by atoms with E-state index in [1.165, 1.54) is 42.3 Å². The molecule has 1 aromatic rings. The number of rotatable bonds is 4. The van der Waals surface area contributed by atoms with E-state index in [0.29, 0.717) is 0 Å². The molecule has 0 aliphatic heterocycles. The highest BCUT2D eigenvalue weighted by Gasteiger charge is 2.20. The number of thiophene rings is 1. The standard InChI is InChI=1S/C14H22BrNS/c1-2-16-12-6-4-3-5-11(9-12)10-13-7-8-14(15)17-13/h7-8,11-12,16H,2-6,9-10H2,1H3. The third-order valence-electron chi connectivity index (χ3n) is 3.64. The van der Waals surface area contributed by atoms with Crippen molar-refractivity contribution in [3.8, 4) is 0 Å². The van der Waals surface area contributed by atoms with E-state index in [4.69, 9.17) is 0 Å². The lowest BCUT2D eigenvalue weighted by molar-refractivity contribution is 0.391. The van der Waals surface area contributed by atoms with Crippen molar-refractivity contribution in [1.82, 2.24) is 5.32 Å². The predicted octanol–water partition coefficient (Wildman–Crippen LogP) is 4.61. The molecule has 1 nitrogen and oxygen atoms in total. The molecule has 1 aliphatic rings. The van der Waals surface area contributed by atoms with Crippen LogP contribution in [-0.4, -0.2) is 12.6 Å². The Bertz CT molecular complexity index is 337. The lowest BCUT2D eigenvalue weighted by Gasteiger charge is -2.20. The minimum Gasteiger partial charge on any atom is -0.314 e. The molecular weight excluding hydrogens is 294 g/mol. The quantitative estimate of drug-likeness (QED) is 0.800. The molecule has 1 aliphatic carbocycles. The zero-order valence-corrected chi connectivity index (χ0v) is 12.9. The molecule has 0 spiro atoms. The molecule has 3 heteroatoms. The van der Waals surface area contributed by atoms with E-state index in [0.717, 1.165) is 18.5 Å². The monoisotopic (exact) mass is 315 g/mol. The van der Waals surface area contributed by atoms with Crippen molar-refractivity contribution < 1.29 is 0 Å². The van der Waals surface area contributed by atoms with Crippen LogP contribution in [0.5, 0.6) is 0 Å². The van der Waals surface area contributed by atoms with Gasteiger partial charge in [0.05, 0.1) is 3.79 Å². The van der Waals surface area contributed by atoms with E-state index in [1.54, 1.807) is 4.88 Å². The summed E-state index contributed by atoms with van der Waals surface area (Å²) >= 11 is 5.45. The van der Waals surface area contributed by atoms with Crippen LogP contribution >= 0.6 is 27.3 Å². The van der Waals surface area contributed by atoms with Gasteiger partial charge in [0.15, 0.2) is 0 Å². The molecule has 1 aromatic heterocycles. The smallest absolute Gasteiger partial charge is 0.0701 e. The lowest BCUT2D eigenvalue weighted by atomic mass is 9.94. The van der Waals surface area contributed by atoms with Gasteiger partial charge in [0.2, 0.25) is 0 Å². The fraction of sp³-hybridized carbons (Fsp3) is 0.714. The van der Waals surface area contributed by atoms with Crippen molar-refractivity contribution in [3.63, 3.8) is 0 Å². The Morgan fingerprint density at radius 2 is 2.18 bits per heavy atom. The minimum absolute atomic E-state index is 0.760. The Hall–Kier alpha value is 0.140. The van der Waals surface area contributed by atoms with Gasteiger partial charge in [-0.05, 0) is 59.8 Å². The van der Waals surface area contributed by atoms with E-state index < -0.39 is 0 Å². The Morgan fingerprint density at radius 1 is 1.35 bits per heavy atom. The summed E-state index contributed by atoms with van der Waals surface area (Å²) in [7, 11) is 0. The minimum atomic E-state index is 0.760. The van der Waals surface area contributed by atoms with Gasteiger partial charge in [0.25, 0.3) is 0 Å². The molecule has 0 radical (unpaired) electrons. The van der Waals surface area contributed by atoms with Gasteiger partial charge in [-0.3, -0.25) is 0 Å². The van der Waals surface area contributed by atoms with Crippen molar-refractivity contribution in [2.75, 3.05) is 6.54 Å². The van der Waals surface area contributed by atoms with Crippen LogP contribution in [-0.2, 0) is 6.42 Å². The Labute approximate surface area is 117 Å². The van der Waals surface area contributed by atoms with Gasteiger partial charge in [-0.1, -0.05) is 26.2 Å². The third-order valence-corrected chi connectivity index (χ3v) is 5.29. The molecule has 1 saturated carbocycles. The van der Waals surface area contributed by atoms with E-state index >= 15 is 0 Å². The van der Waals surface area contributed by atoms with Gasteiger partial charge in [0.1, 0.15) is 0 Å². The summed E-state index contributed by atoms with van der Waals surface area (Å²) in [5.41, 5.74) is 0. The maximum Gasteiger partial charge on any atom is 0.0701 e. The van der Waals surface area contributed by atoms with Gasteiger partial charge in [-0.25, -0.2) is 0 Å². The molecule has 2 rings (SSSR count). The zero-order chi connectivity index (χ0) is 12.1. The van der Waals surface area contributed by atoms with E-state index in [-0.39, 0.29) is 0 Å².